The predicted molar refractivity (Wildman–Crippen MR) is 67.7 cm³/mol. The molecule has 0 aromatic heterocycles. The highest BCUT2D eigenvalue weighted by Crippen LogP contribution is 2.33. The zero-order chi connectivity index (χ0) is 12.9. The number of methoxy groups -OCH3 is 2. The lowest BCUT2D eigenvalue weighted by molar-refractivity contribution is 0.0482. The molecule has 0 heterocycles. The second-order valence-electron chi connectivity index (χ2n) is 4.20. The molecule has 0 saturated carbocycles. The van der Waals surface area contributed by atoms with Gasteiger partial charge in [0.05, 0.1) is 19.8 Å². The first-order valence-corrected chi connectivity index (χ1v) is 5.64. The van der Waals surface area contributed by atoms with Gasteiger partial charge in [-0.05, 0) is 44.6 Å². The Labute approximate surface area is 103 Å². The Hall–Kier alpha value is -1.26. The smallest absolute Gasteiger partial charge is 0.161 e. The lowest BCUT2D eigenvalue weighted by Gasteiger charge is -2.24. The standard InChI is InChI=1S/C13H21NO3/c1-13(15,7-8-14-2)10-5-6-11(16-3)12(9-10)17-4/h5-6,9,14-15H,7-8H2,1-4H3. The van der Waals surface area contributed by atoms with E-state index in [1.54, 1.807) is 21.1 Å². The molecule has 0 aliphatic rings. The van der Waals surface area contributed by atoms with Gasteiger partial charge in [-0.3, -0.25) is 0 Å². The van der Waals surface area contributed by atoms with Crippen LogP contribution in [0.3, 0.4) is 0 Å². The molecule has 4 heteroatoms. The molecule has 0 radical (unpaired) electrons. The molecule has 0 fully saturated rings. The van der Waals surface area contributed by atoms with E-state index < -0.39 is 5.60 Å². The summed E-state index contributed by atoms with van der Waals surface area (Å²) in [5.41, 5.74) is -0.0480. The SMILES string of the molecule is CNCCC(C)(O)c1ccc(OC)c(OC)c1. The van der Waals surface area contributed by atoms with Gasteiger partial charge in [-0.15, -0.1) is 0 Å². The van der Waals surface area contributed by atoms with Crippen LogP contribution in [0, 0.1) is 0 Å². The highest BCUT2D eigenvalue weighted by atomic mass is 16.5. The first-order chi connectivity index (χ1) is 8.05. The minimum Gasteiger partial charge on any atom is -0.493 e. The maximum Gasteiger partial charge on any atom is 0.161 e. The van der Waals surface area contributed by atoms with Crippen LogP contribution in [-0.4, -0.2) is 32.9 Å². The molecular weight excluding hydrogens is 218 g/mol. The van der Waals surface area contributed by atoms with E-state index in [9.17, 15) is 5.11 Å². The second kappa shape index (κ2) is 5.89. The summed E-state index contributed by atoms with van der Waals surface area (Å²) in [4.78, 5) is 0. The summed E-state index contributed by atoms with van der Waals surface area (Å²) in [6.07, 6.45) is 0.638. The van der Waals surface area contributed by atoms with E-state index in [1.807, 2.05) is 25.2 Å². The van der Waals surface area contributed by atoms with Crippen molar-refractivity contribution in [3.63, 3.8) is 0 Å². The quantitative estimate of drug-likeness (QED) is 0.790. The average molecular weight is 239 g/mol. The molecule has 0 amide bonds. The van der Waals surface area contributed by atoms with Crippen molar-refractivity contribution in [2.24, 2.45) is 0 Å². The fourth-order valence-corrected chi connectivity index (χ4v) is 1.68. The fraction of sp³-hybridized carbons (Fsp3) is 0.538. The van der Waals surface area contributed by atoms with Gasteiger partial charge < -0.3 is 19.9 Å². The molecule has 0 saturated heterocycles. The van der Waals surface area contributed by atoms with Crippen LogP contribution in [0.5, 0.6) is 11.5 Å². The highest BCUT2D eigenvalue weighted by molar-refractivity contribution is 5.44. The van der Waals surface area contributed by atoms with Crippen LogP contribution in [0.25, 0.3) is 0 Å². The molecule has 0 aliphatic carbocycles. The van der Waals surface area contributed by atoms with Crippen molar-refractivity contribution in [3.05, 3.63) is 23.8 Å². The Morgan fingerprint density at radius 2 is 1.88 bits per heavy atom. The van der Waals surface area contributed by atoms with E-state index in [1.165, 1.54) is 0 Å². The van der Waals surface area contributed by atoms with Gasteiger partial charge in [0, 0.05) is 0 Å². The summed E-state index contributed by atoms with van der Waals surface area (Å²) in [6.45, 7) is 2.55. The molecule has 1 rings (SSSR count). The van der Waals surface area contributed by atoms with E-state index in [0.717, 1.165) is 12.1 Å². The third kappa shape index (κ3) is 3.35. The first kappa shape index (κ1) is 13.8. The molecule has 1 aromatic rings. The maximum atomic E-state index is 10.4. The number of rotatable bonds is 6. The topological polar surface area (TPSA) is 50.7 Å². The number of ether oxygens (including phenoxy) is 2. The van der Waals surface area contributed by atoms with Gasteiger partial charge in [0.2, 0.25) is 0 Å². The zero-order valence-corrected chi connectivity index (χ0v) is 10.9. The lowest BCUT2D eigenvalue weighted by atomic mass is 9.92. The Bertz CT molecular complexity index is 364. The molecule has 4 nitrogen and oxygen atoms in total. The Morgan fingerprint density at radius 3 is 2.41 bits per heavy atom. The van der Waals surface area contributed by atoms with Crippen LogP contribution in [0.1, 0.15) is 18.9 Å². The van der Waals surface area contributed by atoms with Crippen LogP contribution >= 0.6 is 0 Å². The van der Waals surface area contributed by atoms with Gasteiger partial charge in [-0.25, -0.2) is 0 Å². The van der Waals surface area contributed by atoms with E-state index in [0.29, 0.717) is 17.9 Å². The Morgan fingerprint density at radius 1 is 1.24 bits per heavy atom. The second-order valence-corrected chi connectivity index (χ2v) is 4.20. The summed E-state index contributed by atoms with van der Waals surface area (Å²) < 4.78 is 10.4. The number of benzene rings is 1. The Kier molecular flexibility index (Phi) is 4.78. The van der Waals surface area contributed by atoms with E-state index in [-0.39, 0.29) is 0 Å². The lowest BCUT2D eigenvalue weighted by Crippen LogP contribution is -2.26. The Balaban J connectivity index is 2.98. The fourth-order valence-electron chi connectivity index (χ4n) is 1.68. The summed E-state index contributed by atoms with van der Waals surface area (Å²) in [5, 5.41) is 13.4. The predicted octanol–water partition coefficient (Wildman–Crippen LogP) is 1.52. The molecule has 1 unspecified atom stereocenters. The van der Waals surface area contributed by atoms with Crippen molar-refractivity contribution in [2.45, 2.75) is 18.9 Å². The van der Waals surface area contributed by atoms with Gasteiger partial charge in [0.1, 0.15) is 0 Å². The molecule has 96 valence electrons. The minimum absolute atomic E-state index is 0.634. The molecule has 1 aromatic carbocycles. The summed E-state index contributed by atoms with van der Waals surface area (Å²) in [6, 6.07) is 5.48. The molecule has 0 aliphatic heterocycles. The van der Waals surface area contributed by atoms with Crippen molar-refractivity contribution in [2.75, 3.05) is 27.8 Å². The average Bonchev–Trinajstić information content (AvgIpc) is 2.35. The normalized spacial score (nSPS) is 14.2. The van der Waals surface area contributed by atoms with Crippen LogP contribution in [-0.2, 0) is 5.60 Å². The molecule has 0 bridgehead atoms. The van der Waals surface area contributed by atoms with Crippen molar-refractivity contribution in [3.8, 4) is 11.5 Å². The van der Waals surface area contributed by atoms with Gasteiger partial charge in [-0.1, -0.05) is 6.07 Å². The minimum atomic E-state index is -0.872. The third-order valence-corrected chi connectivity index (χ3v) is 2.87. The van der Waals surface area contributed by atoms with Crippen LogP contribution in [0.15, 0.2) is 18.2 Å². The van der Waals surface area contributed by atoms with Gasteiger partial charge in [0.15, 0.2) is 11.5 Å². The number of hydrogen-bond donors (Lipinski definition) is 2. The summed E-state index contributed by atoms with van der Waals surface area (Å²) in [5.74, 6) is 1.30. The largest absolute Gasteiger partial charge is 0.493 e. The molecule has 1 atom stereocenters. The molecule has 0 spiro atoms. The summed E-state index contributed by atoms with van der Waals surface area (Å²) >= 11 is 0. The van der Waals surface area contributed by atoms with Gasteiger partial charge in [0.25, 0.3) is 0 Å². The highest BCUT2D eigenvalue weighted by Gasteiger charge is 2.23. The van der Waals surface area contributed by atoms with Gasteiger partial charge >= 0.3 is 0 Å². The number of aliphatic hydroxyl groups is 1. The van der Waals surface area contributed by atoms with E-state index in [4.69, 9.17) is 9.47 Å². The monoisotopic (exact) mass is 239 g/mol. The molecule has 2 N–H and O–H groups in total. The third-order valence-electron chi connectivity index (χ3n) is 2.87. The number of hydrogen-bond acceptors (Lipinski definition) is 4. The van der Waals surface area contributed by atoms with Crippen LogP contribution < -0.4 is 14.8 Å². The van der Waals surface area contributed by atoms with Crippen molar-refractivity contribution >= 4 is 0 Å². The summed E-state index contributed by atoms with van der Waals surface area (Å²) in [7, 11) is 5.05. The van der Waals surface area contributed by atoms with Gasteiger partial charge in [-0.2, -0.15) is 0 Å². The number of nitrogens with one attached hydrogen (secondary N) is 1. The first-order valence-electron chi connectivity index (χ1n) is 5.64. The van der Waals surface area contributed by atoms with E-state index >= 15 is 0 Å². The van der Waals surface area contributed by atoms with Crippen LogP contribution in [0.4, 0.5) is 0 Å². The molecular formula is C13H21NO3. The van der Waals surface area contributed by atoms with Crippen LogP contribution in [0.2, 0.25) is 0 Å². The van der Waals surface area contributed by atoms with E-state index in [2.05, 4.69) is 5.32 Å². The molecule has 17 heavy (non-hydrogen) atoms. The van der Waals surface area contributed by atoms with Crippen molar-refractivity contribution in [1.29, 1.82) is 0 Å². The van der Waals surface area contributed by atoms with Crippen molar-refractivity contribution in [1.82, 2.24) is 5.32 Å². The maximum absolute atomic E-state index is 10.4. The van der Waals surface area contributed by atoms with Crippen molar-refractivity contribution < 1.29 is 14.6 Å². The zero-order valence-electron chi connectivity index (χ0n) is 10.9.